The Bertz CT molecular complexity index is 445. The van der Waals surface area contributed by atoms with E-state index in [0.29, 0.717) is 18.0 Å². The molecule has 0 saturated heterocycles. The number of aliphatic hydroxyl groups is 1. The molecule has 0 unspecified atom stereocenters. The number of rotatable bonds is 7. The molecule has 1 N–H and O–H groups in total. The molecule has 0 bridgehead atoms. The molecule has 5 heteroatoms. The van der Waals surface area contributed by atoms with Gasteiger partial charge in [0.05, 0.1) is 13.7 Å². The lowest BCUT2D eigenvalue weighted by atomic mass is 9.91. The Labute approximate surface area is 119 Å². The van der Waals surface area contributed by atoms with Crippen molar-refractivity contribution in [2.24, 2.45) is 0 Å². The van der Waals surface area contributed by atoms with Gasteiger partial charge in [0.15, 0.2) is 18.1 Å². The largest absolute Gasteiger partial charge is 0.493 e. The molecular formula is C15H21NO4. The lowest BCUT2D eigenvalue weighted by molar-refractivity contribution is -0.138. The first-order valence-corrected chi connectivity index (χ1v) is 6.92. The maximum absolute atomic E-state index is 12.2. The molecule has 1 fully saturated rings. The number of nitrogens with zero attached hydrogens (tertiary/aromatic N) is 1. The summed E-state index contributed by atoms with van der Waals surface area (Å²) in [5.41, 5.74) is 0. The fourth-order valence-corrected chi connectivity index (χ4v) is 2.28. The predicted octanol–water partition coefficient (Wildman–Crippen LogP) is 1.45. The van der Waals surface area contributed by atoms with E-state index in [1.165, 1.54) is 0 Å². The van der Waals surface area contributed by atoms with Gasteiger partial charge in [-0.1, -0.05) is 12.1 Å². The van der Waals surface area contributed by atoms with Gasteiger partial charge < -0.3 is 19.5 Å². The first kappa shape index (κ1) is 14.7. The first-order chi connectivity index (χ1) is 9.76. The van der Waals surface area contributed by atoms with Gasteiger partial charge in [-0.05, 0) is 31.4 Å². The molecule has 1 aromatic carbocycles. The highest BCUT2D eigenvalue weighted by Crippen LogP contribution is 2.27. The van der Waals surface area contributed by atoms with Gasteiger partial charge in [-0.25, -0.2) is 0 Å². The Morgan fingerprint density at radius 2 is 2.05 bits per heavy atom. The zero-order valence-electron chi connectivity index (χ0n) is 11.7. The second-order valence-electron chi connectivity index (χ2n) is 4.84. The van der Waals surface area contributed by atoms with Crippen molar-refractivity contribution in [3.63, 3.8) is 0 Å². The summed E-state index contributed by atoms with van der Waals surface area (Å²) < 4.78 is 10.7. The van der Waals surface area contributed by atoms with Gasteiger partial charge in [0.2, 0.25) is 0 Å². The molecule has 1 aliphatic carbocycles. The summed E-state index contributed by atoms with van der Waals surface area (Å²) in [5.74, 6) is 1.08. The Kier molecular flexibility index (Phi) is 5.24. The van der Waals surface area contributed by atoms with E-state index in [-0.39, 0.29) is 25.2 Å². The Morgan fingerprint density at radius 3 is 2.60 bits per heavy atom. The van der Waals surface area contributed by atoms with Crippen LogP contribution in [0.1, 0.15) is 19.3 Å². The SMILES string of the molecule is COc1ccccc1OCC(=O)N(CCO)C1CCC1. The summed E-state index contributed by atoms with van der Waals surface area (Å²) in [7, 11) is 1.57. The maximum atomic E-state index is 12.2. The fraction of sp³-hybridized carbons (Fsp3) is 0.533. The average Bonchev–Trinajstić information content (AvgIpc) is 2.42. The van der Waals surface area contributed by atoms with Gasteiger partial charge in [0.25, 0.3) is 5.91 Å². The molecule has 0 aromatic heterocycles. The molecule has 1 aliphatic rings. The molecule has 0 aliphatic heterocycles. The minimum absolute atomic E-state index is 0.0170. The topological polar surface area (TPSA) is 59.0 Å². The Morgan fingerprint density at radius 1 is 1.35 bits per heavy atom. The highest BCUT2D eigenvalue weighted by Gasteiger charge is 2.28. The number of carbonyl (C=O) groups excluding carboxylic acids is 1. The second kappa shape index (κ2) is 7.14. The molecule has 5 nitrogen and oxygen atoms in total. The van der Waals surface area contributed by atoms with Gasteiger partial charge in [0.1, 0.15) is 0 Å². The van der Waals surface area contributed by atoms with Crippen molar-refractivity contribution in [3.8, 4) is 11.5 Å². The number of benzene rings is 1. The smallest absolute Gasteiger partial charge is 0.260 e. The molecule has 1 saturated carbocycles. The van der Waals surface area contributed by atoms with Crippen molar-refractivity contribution < 1.29 is 19.4 Å². The lowest BCUT2D eigenvalue weighted by Crippen LogP contribution is -2.47. The van der Waals surface area contributed by atoms with Crippen molar-refractivity contribution in [2.75, 3.05) is 26.9 Å². The van der Waals surface area contributed by atoms with Crippen LogP contribution in [-0.2, 0) is 4.79 Å². The molecule has 0 atom stereocenters. The summed E-state index contributed by atoms with van der Waals surface area (Å²) in [6, 6.07) is 7.50. The summed E-state index contributed by atoms with van der Waals surface area (Å²) >= 11 is 0. The van der Waals surface area contributed by atoms with Crippen LogP contribution in [0.2, 0.25) is 0 Å². The first-order valence-electron chi connectivity index (χ1n) is 6.92. The van der Waals surface area contributed by atoms with Crippen LogP contribution in [-0.4, -0.2) is 48.8 Å². The van der Waals surface area contributed by atoms with Gasteiger partial charge in [0, 0.05) is 12.6 Å². The fourth-order valence-electron chi connectivity index (χ4n) is 2.28. The van der Waals surface area contributed by atoms with Crippen molar-refractivity contribution in [3.05, 3.63) is 24.3 Å². The molecule has 20 heavy (non-hydrogen) atoms. The standard InChI is InChI=1S/C15H21NO4/c1-19-13-7-2-3-8-14(13)20-11-15(18)16(9-10-17)12-5-4-6-12/h2-3,7-8,12,17H,4-6,9-11H2,1H3. The number of methoxy groups -OCH3 is 1. The summed E-state index contributed by atoms with van der Waals surface area (Å²) in [6.07, 6.45) is 3.17. The van der Waals surface area contributed by atoms with E-state index in [1.54, 1.807) is 24.1 Å². The lowest BCUT2D eigenvalue weighted by Gasteiger charge is -2.37. The second-order valence-corrected chi connectivity index (χ2v) is 4.84. The monoisotopic (exact) mass is 279 g/mol. The van der Waals surface area contributed by atoms with Crippen LogP contribution >= 0.6 is 0 Å². The van der Waals surface area contributed by atoms with Crippen molar-refractivity contribution in [2.45, 2.75) is 25.3 Å². The van der Waals surface area contributed by atoms with Gasteiger partial charge >= 0.3 is 0 Å². The number of aliphatic hydroxyl groups excluding tert-OH is 1. The van der Waals surface area contributed by atoms with Crippen LogP contribution in [0, 0.1) is 0 Å². The minimum atomic E-state index is -0.0883. The minimum Gasteiger partial charge on any atom is -0.493 e. The van der Waals surface area contributed by atoms with Crippen LogP contribution < -0.4 is 9.47 Å². The summed E-state index contributed by atoms with van der Waals surface area (Å²) in [5, 5.41) is 9.07. The van der Waals surface area contributed by atoms with E-state index >= 15 is 0 Å². The van der Waals surface area contributed by atoms with E-state index in [0.717, 1.165) is 19.3 Å². The Hall–Kier alpha value is -1.75. The quantitative estimate of drug-likeness (QED) is 0.820. The number of carbonyl (C=O) groups is 1. The summed E-state index contributed by atoms with van der Waals surface area (Å²) in [4.78, 5) is 13.9. The number of hydrogen-bond acceptors (Lipinski definition) is 4. The highest BCUT2D eigenvalue weighted by atomic mass is 16.5. The number of hydrogen-bond donors (Lipinski definition) is 1. The highest BCUT2D eigenvalue weighted by molar-refractivity contribution is 5.78. The normalized spacial score (nSPS) is 14.5. The molecule has 0 radical (unpaired) electrons. The van der Waals surface area contributed by atoms with E-state index in [4.69, 9.17) is 14.6 Å². The molecule has 1 aromatic rings. The van der Waals surface area contributed by atoms with E-state index in [9.17, 15) is 4.79 Å². The zero-order valence-corrected chi connectivity index (χ0v) is 11.7. The van der Waals surface area contributed by atoms with Crippen LogP contribution in [0.4, 0.5) is 0 Å². The third-order valence-electron chi connectivity index (χ3n) is 3.60. The van der Waals surface area contributed by atoms with E-state index in [2.05, 4.69) is 0 Å². The van der Waals surface area contributed by atoms with Crippen molar-refractivity contribution >= 4 is 5.91 Å². The molecule has 0 heterocycles. The molecule has 2 rings (SSSR count). The zero-order chi connectivity index (χ0) is 14.4. The number of amides is 1. The van der Waals surface area contributed by atoms with Crippen molar-refractivity contribution in [1.82, 2.24) is 4.90 Å². The molecule has 110 valence electrons. The van der Waals surface area contributed by atoms with Crippen LogP contribution in [0.25, 0.3) is 0 Å². The average molecular weight is 279 g/mol. The van der Waals surface area contributed by atoms with Crippen LogP contribution in [0.15, 0.2) is 24.3 Å². The number of para-hydroxylation sites is 2. The predicted molar refractivity (Wildman–Crippen MR) is 74.9 cm³/mol. The van der Waals surface area contributed by atoms with Gasteiger partial charge in [-0.15, -0.1) is 0 Å². The Balaban J connectivity index is 1.92. The molecule has 0 spiro atoms. The third kappa shape index (κ3) is 3.42. The summed E-state index contributed by atoms with van der Waals surface area (Å²) in [6.45, 7) is 0.326. The van der Waals surface area contributed by atoms with Crippen LogP contribution in [0.3, 0.4) is 0 Å². The molecule has 1 amide bonds. The maximum Gasteiger partial charge on any atom is 0.260 e. The van der Waals surface area contributed by atoms with Gasteiger partial charge in [-0.3, -0.25) is 4.79 Å². The molecular weight excluding hydrogens is 258 g/mol. The third-order valence-corrected chi connectivity index (χ3v) is 3.60. The number of ether oxygens (including phenoxy) is 2. The van der Waals surface area contributed by atoms with E-state index in [1.807, 2.05) is 12.1 Å². The van der Waals surface area contributed by atoms with Gasteiger partial charge in [-0.2, -0.15) is 0 Å². The van der Waals surface area contributed by atoms with Crippen molar-refractivity contribution in [1.29, 1.82) is 0 Å². The van der Waals surface area contributed by atoms with Crippen LogP contribution in [0.5, 0.6) is 11.5 Å². The van der Waals surface area contributed by atoms with E-state index < -0.39 is 0 Å².